The van der Waals surface area contributed by atoms with Crippen LogP contribution in [0, 0.1) is 0 Å². The molecule has 0 fully saturated rings. The van der Waals surface area contributed by atoms with Crippen molar-refractivity contribution in [1.29, 1.82) is 0 Å². The summed E-state index contributed by atoms with van der Waals surface area (Å²) in [5, 5.41) is 11.2. The SMILES string of the molecule is NC(=NCc1ccc(OC(F)(F)F)cc1)NCc1nnc2n1CCC2. The molecule has 0 saturated carbocycles. The number of alkyl halides is 3. The van der Waals surface area contributed by atoms with Crippen LogP contribution in [0.3, 0.4) is 0 Å². The third-order valence-corrected chi connectivity index (χ3v) is 3.70. The topological polar surface area (TPSA) is 90.3 Å². The average Bonchev–Trinajstić information content (AvgIpc) is 3.14. The standard InChI is InChI=1S/C15H17F3N6O/c16-15(17,18)25-11-5-3-10(4-6-11)8-20-14(19)21-9-13-23-22-12-2-1-7-24(12)13/h3-6H,1-2,7-9H2,(H3,19,20,21). The van der Waals surface area contributed by atoms with Gasteiger partial charge in [-0.1, -0.05) is 12.1 Å². The lowest BCUT2D eigenvalue weighted by Gasteiger charge is -2.09. The van der Waals surface area contributed by atoms with Gasteiger partial charge in [-0.2, -0.15) is 0 Å². The van der Waals surface area contributed by atoms with Crippen LogP contribution in [0.15, 0.2) is 29.3 Å². The molecule has 134 valence electrons. The Bertz CT molecular complexity index is 754. The molecule has 0 atom stereocenters. The van der Waals surface area contributed by atoms with Gasteiger partial charge in [0.1, 0.15) is 11.6 Å². The average molecular weight is 354 g/mol. The van der Waals surface area contributed by atoms with E-state index >= 15 is 0 Å². The van der Waals surface area contributed by atoms with E-state index in [4.69, 9.17) is 5.73 Å². The number of rotatable bonds is 5. The van der Waals surface area contributed by atoms with E-state index in [9.17, 15) is 13.2 Å². The number of halogens is 3. The van der Waals surface area contributed by atoms with Gasteiger partial charge in [-0.25, -0.2) is 4.99 Å². The summed E-state index contributed by atoms with van der Waals surface area (Å²) in [5.74, 6) is 1.74. The molecular weight excluding hydrogens is 337 g/mol. The first-order valence-electron chi connectivity index (χ1n) is 7.70. The van der Waals surface area contributed by atoms with Gasteiger partial charge in [0, 0.05) is 13.0 Å². The summed E-state index contributed by atoms with van der Waals surface area (Å²) in [7, 11) is 0. The molecule has 1 aliphatic heterocycles. The summed E-state index contributed by atoms with van der Waals surface area (Å²) in [5.41, 5.74) is 6.52. The van der Waals surface area contributed by atoms with Gasteiger partial charge in [-0.3, -0.25) is 0 Å². The molecule has 2 heterocycles. The van der Waals surface area contributed by atoms with Gasteiger partial charge in [0.25, 0.3) is 0 Å². The molecule has 3 rings (SSSR count). The van der Waals surface area contributed by atoms with Crippen molar-refractivity contribution < 1.29 is 17.9 Å². The Morgan fingerprint density at radius 2 is 2.04 bits per heavy atom. The summed E-state index contributed by atoms with van der Waals surface area (Å²) < 4.78 is 42.2. The maximum absolute atomic E-state index is 12.1. The van der Waals surface area contributed by atoms with Crippen LogP contribution in [0.4, 0.5) is 13.2 Å². The van der Waals surface area contributed by atoms with E-state index in [2.05, 4.69) is 29.8 Å². The second-order valence-corrected chi connectivity index (χ2v) is 5.53. The number of hydrogen-bond donors (Lipinski definition) is 2. The fourth-order valence-electron chi connectivity index (χ4n) is 2.54. The summed E-state index contributed by atoms with van der Waals surface area (Å²) in [6.45, 7) is 1.56. The van der Waals surface area contributed by atoms with E-state index in [1.807, 2.05) is 0 Å². The molecule has 0 aliphatic carbocycles. The Labute approximate surface area is 141 Å². The fourth-order valence-corrected chi connectivity index (χ4v) is 2.54. The summed E-state index contributed by atoms with van der Waals surface area (Å²) in [6.07, 6.45) is -2.70. The normalized spacial score (nSPS) is 14.4. The van der Waals surface area contributed by atoms with Crippen molar-refractivity contribution in [3.05, 3.63) is 41.5 Å². The molecule has 0 spiro atoms. The minimum Gasteiger partial charge on any atom is -0.406 e. The van der Waals surface area contributed by atoms with Crippen molar-refractivity contribution in [2.24, 2.45) is 10.7 Å². The van der Waals surface area contributed by atoms with Gasteiger partial charge in [-0.15, -0.1) is 23.4 Å². The van der Waals surface area contributed by atoms with E-state index in [0.717, 1.165) is 31.0 Å². The van der Waals surface area contributed by atoms with Crippen molar-refractivity contribution in [3.8, 4) is 5.75 Å². The minimum absolute atomic E-state index is 0.228. The van der Waals surface area contributed by atoms with Crippen molar-refractivity contribution in [1.82, 2.24) is 20.1 Å². The summed E-state index contributed by atoms with van der Waals surface area (Å²) in [6, 6.07) is 5.48. The van der Waals surface area contributed by atoms with E-state index in [-0.39, 0.29) is 18.3 Å². The number of nitrogens with two attached hydrogens (primary N) is 1. The number of aliphatic imine (C=N–C) groups is 1. The largest absolute Gasteiger partial charge is 0.573 e. The van der Waals surface area contributed by atoms with E-state index in [0.29, 0.717) is 12.1 Å². The third kappa shape index (κ3) is 4.61. The molecular formula is C15H17F3N6O. The number of ether oxygens (including phenoxy) is 1. The molecule has 7 nitrogen and oxygen atoms in total. The lowest BCUT2D eigenvalue weighted by atomic mass is 10.2. The van der Waals surface area contributed by atoms with Crippen molar-refractivity contribution in [2.75, 3.05) is 0 Å². The molecule has 25 heavy (non-hydrogen) atoms. The Balaban J connectivity index is 1.51. The van der Waals surface area contributed by atoms with E-state index in [1.165, 1.54) is 24.3 Å². The molecule has 2 aromatic rings. The molecule has 10 heteroatoms. The molecule has 0 amide bonds. The van der Waals surface area contributed by atoms with Crippen molar-refractivity contribution >= 4 is 5.96 Å². The minimum atomic E-state index is -4.70. The van der Waals surface area contributed by atoms with Crippen LogP contribution in [0.2, 0.25) is 0 Å². The van der Waals surface area contributed by atoms with Crippen LogP contribution in [-0.4, -0.2) is 27.1 Å². The second-order valence-electron chi connectivity index (χ2n) is 5.53. The van der Waals surface area contributed by atoms with Crippen LogP contribution in [0.25, 0.3) is 0 Å². The Morgan fingerprint density at radius 3 is 2.76 bits per heavy atom. The van der Waals surface area contributed by atoms with Gasteiger partial charge < -0.3 is 20.4 Å². The highest BCUT2D eigenvalue weighted by atomic mass is 19.4. The number of benzene rings is 1. The van der Waals surface area contributed by atoms with Gasteiger partial charge in [0.15, 0.2) is 11.8 Å². The predicted molar refractivity (Wildman–Crippen MR) is 83.6 cm³/mol. The van der Waals surface area contributed by atoms with Crippen LogP contribution in [-0.2, 0) is 26.1 Å². The Morgan fingerprint density at radius 1 is 1.28 bits per heavy atom. The number of aromatic nitrogens is 3. The first-order valence-corrected chi connectivity index (χ1v) is 7.70. The third-order valence-electron chi connectivity index (χ3n) is 3.70. The zero-order chi connectivity index (χ0) is 17.9. The number of guanidine groups is 1. The highest BCUT2D eigenvalue weighted by molar-refractivity contribution is 5.77. The lowest BCUT2D eigenvalue weighted by molar-refractivity contribution is -0.274. The smallest absolute Gasteiger partial charge is 0.406 e. The first-order chi connectivity index (χ1) is 11.9. The summed E-state index contributed by atoms with van der Waals surface area (Å²) >= 11 is 0. The molecule has 0 radical (unpaired) electrons. The molecule has 1 aliphatic rings. The number of aryl methyl sites for hydroxylation is 1. The molecule has 0 unspecified atom stereocenters. The second kappa shape index (κ2) is 6.99. The first kappa shape index (κ1) is 17.1. The predicted octanol–water partition coefficient (Wildman–Crippen LogP) is 1.73. The van der Waals surface area contributed by atoms with E-state index in [1.54, 1.807) is 0 Å². The molecule has 0 bridgehead atoms. The van der Waals surface area contributed by atoms with E-state index < -0.39 is 6.36 Å². The Kier molecular flexibility index (Phi) is 4.77. The van der Waals surface area contributed by atoms with Crippen LogP contribution >= 0.6 is 0 Å². The molecule has 1 aromatic heterocycles. The zero-order valence-corrected chi connectivity index (χ0v) is 13.3. The van der Waals surface area contributed by atoms with Crippen molar-refractivity contribution in [2.45, 2.75) is 38.8 Å². The van der Waals surface area contributed by atoms with Crippen LogP contribution < -0.4 is 15.8 Å². The maximum Gasteiger partial charge on any atom is 0.573 e. The van der Waals surface area contributed by atoms with Crippen molar-refractivity contribution in [3.63, 3.8) is 0 Å². The number of hydrogen-bond acceptors (Lipinski definition) is 4. The summed E-state index contributed by atoms with van der Waals surface area (Å²) in [4.78, 5) is 4.15. The quantitative estimate of drug-likeness (QED) is 0.630. The monoisotopic (exact) mass is 354 g/mol. The highest BCUT2D eigenvalue weighted by Crippen LogP contribution is 2.22. The maximum atomic E-state index is 12.1. The zero-order valence-electron chi connectivity index (χ0n) is 13.3. The number of nitrogens with one attached hydrogen (secondary N) is 1. The Hall–Kier alpha value is -2.78. The van der Waals surface area contributed by atoms with Gasteiger partial charge >= 0.3 is 6.36 Å². The number of fused-ring (bicyclic) bond motifs is 1. The highest BCUT2D eigenvalue weighted by Gasteiger charge is 2.30. The lowest BCUT2D eigenvalue weighted by Crippen LogP contribution is -2.32. The number of nitrogens with zero attached hydrogens (tertiary/aromatic N) is 4. The van der Waals surface area contributed by atoms with Crippen LogP contribution in [0.5, 0.6) is 5.75 Å². The molecule has 0 saturated heterocycles. The fraction of sp³-hybridized carbons (Fsp3) is 0.400. The van der Waals surface area contributed by atoms with Gasteiger partial charge in [0.05, 0.1) is 13.1 Å². The van der Waals surface area contributed by atoms with Gasteiger partial charge in [-0.05, 0) is 24.1 Å². The van der Waals surface area contributed by atoms with Gasteiger partial charge in [0.2, 0.25) is 0 Å². The van der Waals surface area contributed by atoms with Crippen LogP contribution in [0.1, 0.15) is 23.6 Å². The molecule has 1 aromatic carbocycles. The molecule has 3 N–H and O–H groups in total.